The second-order valence-electron chi connectivity index (χ2n) is 13.2. The second-order valence-corrected chi connectivity index (χ2v) is 15.1. The number of rotatable bonds is 12. The number of amides is 2. The van der Waals surface area contributed by atoms with Crippen molar-refractivity contribution in [3.8, 4) is 11.1 Å². The van der Waals surface area contributed by atoms with Gasteiger partial charge in [0.15, 0.2) is 10.5 Å². The molecule has 18 heteroatoms. The number of nitro benzene ring substituents is 1. The Balaban J connectivity index is 1.73. The van der Waals surface area contributed by atoms with Crippen molar-refractivity contribution in [2.45, 2.75) is 57.6 Å². The van der Waals surface area contributed by atoms with E-state index in [9.17, 15) is 38.0 Å². The third-order valence-electron chi connectivity index (χ3n) is 6.95. The first kappa shape index (κ1) is 38.2. The first-order valence-electron chi connectivity index (χ1n) is 15.7. The number of sulfonamides is 1. The highest BCUT2D eigenvalue weighted by atomic mass is 32.2. The Morgan fingerprint density at radius 2 is 1.65 bits per heavy atom. The third-order valence-corrected chi connectivity index (χ3v) is 8.89. The number of carboxylic acid groups (broad SMARTS) is 1. The Kier molecular flexibility index (Phi) is 11.3. The standard InChI is InChI=1S/C33H39N7O10S/c1-32(2,3)49-30(43)34-15-17-37(51(47,48)26-13-8-7-12-25(26)40(45)46)18-19-38(31(44)50-33(4,5)6)27-14-16-39-28(36-27)24(21-35-39)22-10-9-11-23(20-22)29(41)42/h7-14,16,20-21H,15,17-19H2,1-6H3,(H,34,43)(H,41,42). The molecule has 0 bridgehead atoms. The van der Waals surface area contributed by atoms with Crippen LogP contribution in [0.1, 0.15) is 51.9 Å². The van der Waals surface area contributed by atoms with Gasteiger partial charge in [0.25, 0.3) is 5.69 Å². The average Bonchev–Trinajstić information content (AvgIpc) is 3.46. The van der Waals surface area contributed by atoms with Crippen LogP contribution in [0.15, 0.2) is 71.9 Å². The van der Waals surface area contributed by atoms with Crippen LogP contribution in [0.25, 0.3) is 16.8 Å². The highest BCUT2D eigenvalue weighted by Crippen LogP contribution is 2.28. The number of benzene rings is 2. The van der Waals surface area contributed by atoms with E-state index in [4.69, 9.17) is 9.47 Å². The van der Waals surface area contributed by atoms with E-state index in [-0.39, 0.29) is 36.7 Å². The van der Waals surface area contributed by atoms with Gasteiger partial charge in [0.05, 0.1) is 16.7 Å². The van der Waals surface area contributed by atoms with Gasteiger partial charge in [-0.1, -0.05) is 24.3 Å². The Morgan fingerprint density at radius 1 is 0.961 bits per heavy atom. The van der Waals surface area contributed by atoms with Gasteiger partial charge >= 0.3 is 18.2 Å². The minimum atomic E-state index is -4.59. The number of anilines is 1. The van der Waals surface area contributed by atoms with Crippen LogP contribution in [-0.4, -0.2) is 92.9 Å². The highest BCUT2D eigenvalue weighted by Gasteiger charge is 2.33. The smallest absolute Gasteiger partial charge is 0.416 e. The molecule has 0 atom stereocenters. The van der Waals surface area contributed by atoms with Gasteiger partial charge in [-0.15, -0.1) is 0 Å². The molecule has 272 valence electrons. The van der Waals surface area contributed by atoms with Gasteiger partial charge in [0.1, 0.15) is 17.0 Å². The Bertz CT molecular complexity index is 2050. The van der Waals surface area contributed by atoms with Crippen LogP contribution in [-0.2, 0) is 19.5 Å². The van der Waals surface area contributed by atoms with Crippen molar-refractivity contribution in [2.75, 3.05) is 31.1 Å². The number of nitro groups is 1. The van der Waals surface area contributed by atoms with Gasteiger partial charge < -0.3 is 19.9 Å². The number of para-hydroxylation sites is 1. The number of alkyl carbamates (subject to hydrolysis) is 1. The second kappa shape index (κ2) is 15.1. The Hall–Kier alpha value is -5.62. The Labute approximate surface area is 294 Å². The van der Waals surface area contributed by atoms with Gasteiger partial charge in [-0.25, -0.2) is 32.3 Å². The van der Waals surface area contributed by atoms with Crippen molar-refractivity contribution in [1.29, 1.82) is 0 Å². The lowest BCUT2D eigenvalue weighted by Gasteiger charge is -2.29. The van der Waals surface area contributed by atoms with E-state index in [0.717, 1.165) is 21.3 Å². The number of ether oxygens (including phenoxy) is 2. The van der Waals surface area contributed by atoms with Gasteiger partial charge in [0.2, 0.25) is 10.0 Å². The summed E-state index contributed by atoms with van der Waals surface area (Å²) in [4.78, 5) is 53.8. The number of carboxylic acids is 1. The molecular formula is C33H39N7O10S. The fourth-order valence-corrected chi connectivity index (χ4v) is 6.36. The third kappa shape index (κ3) is 9.76. The van der Waals surface area contributed by atoms with Crippen molar-refractivity contribution >= 4 is 45.3 Å². The van der Waals surface area contributed by atoms with E-state index >= 15 is 0 Å². The zero-order chi connectivity index (χ0) is 37.7. The predicted octanol–water partition coefficient (Wildman–Crippen LogP) is 4.96. The van der Waals surface area contributed by atoms with Crippen LogP contribution >= 0.6 is 0 Å². The number of aromatic nitrogens is 3. The fourth-order valence-electron chi connectivity index (χ4n) is 4.78. The van der Waals surface area contributed by atoms with Gasteiger partial charge in [-0.2, -0.15) is 9.40 Å². The summed E-state index contributed by atoms with van der Waals surface area (Å²) in [5.41, 5.74) is -1.19. The van der Waals surface area contributed by atoms with Crippen LogP contribution in [0.5, 0.6) is 0 Å². The topological polar surface area (TPSA) is 216 Å². The number of hydrogen-bond donors (Lipinski definition) is 2. The molecule has 0 aliphatic rings. The molecule has 0 aliphatic heterocycles. The molecule has 0 unspecified atom stereocenters. The van der Waals surface area contributed by atoms with E-state index < -0.39 is 61.4 Å². The molecule has 51 heavy (non-hydrogen) atoms. The molecule has 17 nitrogen and oxygen atoms in total. The largest absolute Gasteiger partial charge is 0.478 e. The van der Waals surface area contributed by atoms with Crippen molar-refractivity contribution in [3.63, 3.8) is 0 Å². The maximum atomic E-state index is 14.0. The minimum Gasteiger partial charge on any atom is -0.478 e. The van der Waals surface area contributed by atoms with Crippen LogP contribution in [0.3, 0.4) is 0 Å². The SMILES string of the molecule is CC(C)(C)OC(=O)NCCN(CCN(C(=O)OC(C)(C)C)c1ccn2ncc(-c3cccc(C(=O)O)c3)c2n1)S(=O)(=O)c1ccccc1[N+](=O)[O-]. The summed E-state index contributed by atoms with van der Waals surface area (Å²) in [5.74, 6) is -1.08. The number of aromatic carboxylic acids is 1. The van der Waals surface area contributed by atoms with Crippen LogP contribution < -0.4 is 10.2 Å². The fraction of sp³-hybridized carbons (Fsp3) is 0.364. The average molecular weight is 726 g/mol. The lowest BCUT2D eigenvalue weighted by Crippen LogP contribution is -2.46. The van der Waals surface area contributed by atoms with E-state index in [1.807, 2.05) is 0 Å². The quantitative estimate of drug-likeness (QED) is 0.146. The maximum Gasteiger partial charge on any atom is 0.416 e. The molecule has 0 fully saturated rings. The maximum absolute atomic E-state index is 14.0. The molecule has 2 aromatic carbocycles. The molecule has 0 radical (unpaired) electrons. The number of carbonyl (C=O) groups excluding carboxylic acids is 2. The van der Waals surface area contributed by atoms with Crippen molar-refractivity contribution in [1.82, 2.24) is 24.2 Å². The molecule has 0 saturated carbocycles. The van der Waals surface area contributed by atoms with E-state index in [0.29, 0.717) is 11.1 Å². The highest BCUT2D eigenvalue weighted by molar-refractivity contribution is 7.89. The molecule has 2 amide bonds. The first-order chi connectivity index (χ1) is 23.8. The van der Waals surface area contributed by atoms with Gasteiger partial charge in [-0.05, 0) is 71.4 Å². The predicted molar refractivity (Wildman–Crippen MR) is 185 cm³/mol. The number of hydrogen-bond acceptors (Lipinski definition) is 11. The van der Waals surface area contributed by atoms with E-state index in [2.05, 4.69) is 15.4 Å². The summed E-state index contributed by atoms with van der Waals surface area (Å²) < 4.78 is 41.2. The summed E-state index contributed by atoms with van der Waals surface area (Å²) in [5, 5.41) is 28.1. The number of fused-ring (bicyclic) bond motifs is 1. The molecule has 2 aromatic heterocycles. The molecule has 0 aliphatic carbocycles. The van der Waals surface area contributed by atoms with E-state index in [1.54, 1.807) is 53.7 Å². The normalized spacial score (nSPS) is 12.1. The molecular weight excluding hydrogens is 686 g/mol. The molecule has 4 aromatic rings. The summed E-state index contributed by atoms with van der Waals surface area (Å²) in [7, 11) is -4.59. The molecule has 0 spiro atoms. The summed E-state index contributed by atoms with van der Waals surface area (Å²) in [6, 6.07) is 12.5. The van der Waals surface area contributed by atoms with Crippen LogP contribution in [0, 0.1) is 10.1 Å². The summed E-state index contributed by atoms with van der Waals surface area (Å²) in [6.45, 7) is 8.59. The van der Waals surface area contributed by atoms with Crippen LogP contribution in [0.4, 0.5) is 21.1 Å². The lowest BCUT2D eigenvalue weighted by molar-refractivity contribution is -0.387. The summed E-state index contributed by atoms with van der Waals surface area (Å²) in [6.07, 6.45) is 1.34. The number of nitrogens with zero attached hydrogens (tertiary/aromatic N) is 6. The summed E-state index contributed by atoms with van der Waals surface area (Å²) >= 11 is 0. The monoisotopic (exact) mass is 725 g/mol. The molecule has 4 rings (SSSR count). The first-order valence-corrected chi connectivity index (χ1v) is 17.1. The van der Waals surface area contributed by atoms with Crippen LogP contribution in [0.2, 0.25) is 0 Å². The Morgan fingerprint density at radius 3 is 2.29 bits per heavy atom. The zero-order valence-electron chi connectivity index (χ0n) is 28.9. The lowest BCUT2D eigenvalue weighted by atomic mass is 10.1. The number of carbonyl (C=O) groups is 3. The van der Waals surface area contributed by atoms with Crippen molar-refractivity contribution in [3.05, 3.63) is 82.7 Å². The van der Waals surface area contributed by atoms with Gasteiger partial charge in [0, 0.05) is 44.0 Å². The zero-order valence-corrected chi connectivity index (χ0v) is 29.7. The van der Waals surface area contributed by atoms with Gasteiger partial charge in [-0.3, -0.25) is 15.0 Å². The van der Waals surface area contributed by atoms with E-state index in [1.165, 1.54) is 47.2 Å². The number of nitrogens with one attached hydrogen (secondary N) is 1. The molecule has 2 heterocycles. The van der Waals surface area contributed by atoms with Crippen molar-refractivity contribution in [2.24, 2.45) is 0 Å². The molecule has 2 N–H and O–H groups in total. The molecule has 0 saturated heterocycles. The minimum absolute atomic E-state index is 0.0412. The van der Waals surface area contributed by atoms with Crippen molar-refractivity contribution < 1.29 is 42.3 Å².